The maximum Gasteiger partial charge on any atom is 0.165 e. The number of nitrogens with two attached hydrogens (primary N) is 1. The number of fused-ring (bicyclic) bond motifs is 1. The third kappa shape index (κ3) is 2.23. The van der Waals surface area contributed by atoms with Crippen molar-refractivity contribution < 1.29 is 9.50 Å². The highest BCUT2D eigenvalue weighted by Gasteiger charge is 2.07. The zero-order valence-electron chi connectivity index (χ0n) is 9.04. The monoisotopic (exact) mass is 237 g/mol. The molecule has 7 heteroatoms. The molecule has 0 radical (unpaired) electrons. The van der Waals surface area contributed by atoms with Gasteiger partial charge in [-0.3, -0.25) is 0 Å². The van der Waals surface area contributed by atoms with Crippen molar-refractivity contribution >= 4 is 17.0 Å². The Labute approximate surface area is 96.6 Å². The maximum absolute atomic E-state index is 12.3. The van der Waals surface area contributed by atoms with Gasteiger partial charge in [0.25, 0.3) is 0 Å². The smallest absolute Gasteiger partial charge is 0.165 e. The molecule has 2 aromatic heterocycles. The minimum atomic E-state index is -0.291. The predicted molar refractivity (Wildman–Crippen MR) is 60.6 cm³/mol. The third-order valence-electron chi connectivity index (χ3n) is 2.46. The van der Waals surface area contributed by atoms with Gasteiger partial charge in [-0.05, 0) is 12.0 Å². The number of aromatic nitrogens is 4. The molecule has 17 heavy (non-hydrogen) atoms. The van der Waals surface area contributed by atoms with Gasteiger partial charge >= 0.3 is 0 Å². The van der Waals surface area contributed by atoms with E-state index in [0.29, 0.717) is 41.9 Å². The zero-order valence-corrected chi connectivity index (χ0v) is 9.04. The molecule has 90 valence electrons. The molecule has 2 rings (SSSR count). The average molecular weight is 237 g/mol. The molecule has 0 bridgehead atoms. The molecule has 0 spiro atoms. The molecule has 3 N–H and O–H groups in total. The van der Waals surface area contributed by atoms with Gasteiger partial charge in [-0.1, -0.05) is 0 Å². The molecule has 0 aromatic carbocycles. The van der Waals surface area contributed by atoms with Crippen LogP contribution in [0.25, 0.3) is 11.2 Å². The van der Waals surface area contributed by atoms with E-state index in [1.165, 1.54) is 6.33 Å². The van der Waals surface area contributed by atoms with Crippen molar-refractivity contribution in [2.45, 2.75) is 13.0 Å². The normalized spacial score (nSPS) is 12.2. The van der Waals surface area contributed by atoms with Crippen LogP contribution in [0.1, 0.15) is 6.42 Å². The molecular formula is C10H12FN5O. The van der Waals surface area contributed by atoms with Crippen LogP contribution in [0.2, 0.25) is 0 Å². The van der Waals surface area contributed by atoms with Crippen molar-refractivity contribution in [2.75, 3.05) is 12.3 Å². The van der Waals surface area contributed by atoms with Gasteiger partial charge in [0.2, 0.25) is 0 Å². The van der Waals surface area contributed by atoms with Crippen molar-refractivity contribution in [3.05, 3.63) is 24.6 Å². The Morgan fingerprint density at radius 2 is 2.29 bits per heavy atom. The van der Waals surface area contributed by atoms with Crippen LogP contribution in [0.15, 0.2) is 24.6 Å². The summed E-state index contributed by atoms with van der Waals surface area (Å²) in [7, 11) is 0. The summed E-state index contributed by atoms with van der Waals surface area (Å²) in [6, 6.07) is 0. The number of nitrogen functional groups attached to an aromatic ring is 1. The topological polar surface area (TPSA) is 89.9 Å². The first-order chi connectivity index (χ1) is 8.26. The van der Waals surface area contributed by atoms with E-state index in [9.17, 15) is 4.39 Å². The van der Waals surface area contributed by atoms with Gasteiger partial charge in [0.15, 0.2) is 11.5 Å². The number of halogens is 1. The van der Waals surface area contributed by atoms with Crippen LogP contribution in [0.3, 0.4) is 0 Å². The van der Waals surface area contributed by atoms with Crippen LogP contribution in [0.5, 0.6) is 0 Å². The lowest BCUT2D eigenvalue weighted by Crippen LogP contribution is -2.02. The summed E-state index contributed by atoms with van der Waals surface area (Å²) in [5.41, 5.74) is 7.10. The lowest BCUT2D eigenvalue weighted by Gasteiger charge is -2.04. The quantitative estimate of drug-likeness (QED) is 0.814. The van der Waals surface area contributed by atoms with Crippen molar-refractivity contribution in [3.63, 3.8) is 0 Å². The summed E-state index contributed by atoms with van der Waals surface area (Å²) >= 11 is 0. The summed E-state index contributed by atoms with van der Waals surface area (Å²) in [5, 5.41) is 8.83. The molecular weight excluding hydrogens is 225 g/mol. The number of aliphatic hydroxyl groups excluding tert-OH is 1. The molecule has 6 nitrogen and oxygen atoms in total. The fourth-order valence-corrected chi connectivity index (χ4v) is 1.49. The molecule has 0 aliphatic heterocycles. The van der Waals surface area contributed by atoms with E-state index >= 15 is 0 Å². The van der Waals surface area contributed by atoms with Crippen LogP contribution in [-0.2, 0) is 6.54 Å². The summed E-state index contributed by atoms with van der Waals surface area (Å²) in [6.07, 6.45) is 3.74. The highest BCUT2D eigenvalue weighted by Crippen LogP contribution is 2.15. The number of imidazole rings is 1. The number of rotatable bonds is 4. The van der Waals surface area contributed by atoms with Crippen molar-refractivity contribution in [3.8, 4) is 0 Å². The van der Waals surface area contributed by atoms with E-state index in [-0.39, 0.29) is 6.61 Å². The van der Waals surface area contributed by atoms with Gasteiger partial charge in [-0.25, -0.2) is 19.3 Å². The minimum Gasteiger partial charge on any atom is -0.392 e. The summed E-state index contributed by atoms with van der Waals surface area (Å²) in [6.45, 7) is 0.184. The minimum absolute atomic E-state index is 0.291. The number of hydrogen-bond acceptors (Lipinski definition) is 5. The number of aliphatic hydroxyl groups is 1. The van der Waals surface area contributed by atoms with Crippen molar-refractivity contribution in [1.82, 2.24) is 19.5 Å². The van der Waals surface area contributed by atoms with Gasteiger partial charge < -0.3 is 15.4 Å². The lowest BCUT2D eigenvalue weighted by atomic mass is 10.2. The van der Waals surface area contributed by atoms with Crippen LogP contribution < -0.4 is 5.73 Å². The number of nitrogens with zero attached hydrogens (tertiary/aromatic N) is 4. The number of anilines is 1. The summed E-state index contributed by atoms with van der Waals surface area (Å²) < 4.78 is 14.0. The van der Waals surface area contributed by atoms with Gasteiger partial charge in [0.05, 0.1) is 19.3 Å². The third-order valence-corrected chi connectivity index (χ3v) is 2.46. The largest absolute Gasteiger partial charge is 0.392 e. The Balaban J connectivity index is 2.23. The van der Waals surface area contributed by atoms with E-state index in [2.05, 4.69) is 15.0 Å². The van der Waals surface area contributed by atoms with Crippen molar-refractivity contribution in [2.24, 2.45) is 0 Å². The molecule has 0 saturated heterocycles. The predicted octanol–water partition coefficient (Wildman–Crippen LogP) is 0.644. The molecule has 2 aromatic rings. The second kappa shape index (κ2) is 4.88. The standard InChI is InChI=1S/C10H12FN5O/c11-3-7(4-17)1-2-16-6-15-8-9(12)13-5-14-10(8)16/h3,5-6,17H,1-2,4H2,(H2,12,13,14)/b7-3+. The molecule has 0 amide bonds. The second-order valence-corrected chi connectivity index (χ2v) is 3.54. The van der Waals surface area contributed by atoms with Gasteiger partial charge in [-0.15, -0.1) is 0 Å². The summed E-state index contributed by atoms with van der Waals surface area (Å²) in [4.78, 5) is 12.0. The molecule has 0 atom stereocenters. The van der Waals surface area contributed by atoms with Crippen LogP contribution in [0.4, 0.5) is 10.2 Å². The molecule has 0 saturated carbocycles. The van der Waals surface area contributed by atoms with Crippen molar-refractivity contribution in [1.29, 1.82) is 0 Å². The molecule has 0 aliphatic rings. The Kier molecular flexibility index (Phi) is 3.29. The molecule has 0 fully saturated rings. The van der Waals surface area contributed by atoms with Gasteiger partial charge in [0.1, 0.15) is 11.8 Å². The van der Waals surface area contributed by atoms with Gasteiger partial charge in [-0.2, -0.15) is 0 Å². The van der Waals surface area contributed by atoms with E-state index in [4.69, 9.17) is 10.8 Å². The lowest BCUT2D eigenvalue weighted by molar-refractivity contribution is 0.322. The van der Waals surface area contributed by atoms with E-state index in [1.54, 1.807) is 10.9 Å². The fourth-order valence-electron chi connectivity index (χ4n) is 1.49. The maximum atomic E-state index is 12.3. The Morgan fingerprint density at radius 3 is 3.00 bits per heavy atom. The highest BCUT2D eigenvalue weighted by atomic mass is 19.1. The first-order valence-electron chi connectivity index (χ1n) is 5.06. The second-order valence-electron chi connectivity index (χ2n) is 3.54. The highest BCUT2D eigenvalue weighted by molar-refractivity contribution is 5.81. The summed E-state index contributed by atoms with van der Waals surface area (Å²) in [5.74, 6) is 0.317. The first kappa shape index (κ1) is 11.5. The van der Waals surface area contributed by atoms with E-state index in [1.807, 2.05) is 0 Å². The van der Waals surface area contributed by atoms with Gasteiger partial charge in [0, 0.05) is 6.54 Å². The molecule has 2 heterocycles. The van der Waals surface area contributed by atoms with Crippen LogP contribution in [0, 0.1) is 0 Å². The Bertz CT molecular complexity index is 551. The fraction of sp³-hybridized carbons (Fsp3) is 0.300. The number of aryl methyl sites for hydroxylation is 1. The SMILES string of the molecule is Nc1ncnc2c1ncn2CC/C(=C\F)CO. The average Bonchev–Trinajstić information content (AvgIpc) is 2.75. The Morgan fingerprint density at radius 1 is 1.47 bits per heavy atom. The first-order valence-corrected chi connectivity index (χ1v) is 5.06. The Hall–Kier alpha value is -2.02. The van der Waals surface area contributed by atoms with E-state index < -0.39 is 0 Å². The number of hydrogen-bond donors (Lipinski definition) is 2. The zero-order chi connectivity index (χ0) is 12.3. The van der Waals surface area contributed by atoms with E-state index in [0.717, 1.165) is 0 Å². The molecule has 0 unspecified atom stereocenters. The van der Waals surface area contributed by atoms with Crippen LogP contribution >= 0.6 is 0 Å². The van der Waals surface area contributed by atoms with Crippen LogP contribution in [-0.4, -0.2) is 31.2 Å². The molecule has 0 aliphatic carbocycles.